The lowest BCUT2D eigenvalue weighted by atomic mass is 10.0. The first-order valence-corrected chi connectivity index (χ1v) is 32.3. The lowest BCUT2D eigenvalue weighted by molar-refractivity contribution is -0.141. The van der Waals surface area contributed by atoms with Gasteiger partial charge < -0.3 is 102 Å². The number of unbranched alkanes of at least 4 members (excludes halogenated alkanes) is 3. The number of nitrogens with zero attached hydrogens (tertiary/aromatic N) is 3. The van der Waals surface area contributed by atoms with Gasteiger partial charge in [-0.15, -0.1) is 11.8 Å². The Kier molecular flexibility index (Phi) is 36.5. The standard InChI is InChI=1S/C59H88N18O20S/c1-32(71-51(88)36(61)25-49(85)86)50(87)73-38(16-17-48(83)84)54(91)75-39(23-33-11-4-2-5-12-33)55(92)74-37(14-10-21-67-59(62)63)53(90)76-40(24-34-27-64-31-70-34)52(89)69-28-45(80)68-29-46(81)72-41(58(96)97)30-98-42-26-47(82)77(56(42)93)22-18-44(79)66-19-8-3-6-15-43(78)65-20-9-7-13-35(60)57(94)95/h2,4-5,11-12,27,31-32,35-42H,3,6-10,13-26,28-30,60-61H2,1H3,(H,64,70)(H,65,78)(H,66,79)(H,68,80)(H,69,89)(H,71,88)(H,72,81)(H,73,87)(H,74,92)(H,75,91)(H,76,90)(H,83,84)(H,85,86)(H,94,95)(H,96,97)(H4,62,63,67)/t32-,35-,36-,37-,38-,39-,40-,41-,42?/m0/s1. The number of aliphatic carboxylic acids is 4. The van der Waals surface area contributed by atoms with Crippen LogP contribution in [0.4, 0.5) is 0 Å². The first-order valence-electron chi connectivity index (χ1n) is 31.3. The van der Waals surface area contributed by atoms with Crippen LogP contribution in [0.3, 0.4) is 0 Å². The van der Waals surface area contributed by atoms with E-state index in [0.29, 0.717) is 56.3 Å². The molecule has 1 aliphatic rings. The second kappa shape index (κ2) is 43.7. The molecule has 23 N–H and O–H groups in total. The van der Waals surface area contributed by atoms with Crippen LogP contribution in [0.2, 0.25) is 0 Å². The molecule has 98 heavy (non-hydrogen) atoms. The first kappa shape index (κ1) is 81.9. The number of hydrogen-bond acceptors (Lipinski definition) is 21. The van der Waals surface area contributed by atoms with Crippen LogP contribution in [-0.4, -0.2) is 235 Å². The van der Waals surface area contributed by atoms with Crippen molar-refractivity contribution < 1.29 is 97.1 Å². The number of hydrogen-bond donors (Lipinski definition) is 19. The topological polar surface area (TPSA) is 623 Å². The summed E-state index contributed by atoms with van der Waals surface area (Å²) in [5.41, 5.74) is 22.9. The SMILES string of the molecule is C[C@H](NC(=O)[C@@H](N)CC(=O)O)C(=O)N[C@@H](CCC(=O)O)C(=O)N[C@@H](Cc1ccccc1)C(=O)N[C@@H](CCCN=C(N)N)C(=O)N[C@@H](Cc1cnc[nH]1)C(=O)NCC(=O)NCC(=O)N[C@@H](CSC1CC(=O)N(CCC(=O)NCCCCCC(=O)NCCCC[C@H](N)C(=O)O)C1=O)C(=O)O. The summed E-state index contributed by atoms with van der Waals surface area (Å²) in [5, 5.41) is 60.6. The van der Waals surface area contributed by atoms with Gasteiger partial charge in [0.25, 0.3) is 0 Å². The van der Waals surface area contributed by atoms with Crippen LogP contribution < -0.4 is 76.1 Å². The van der Waals surface area contributed by atoms with Crippen molar-refractivity contribution in [3.05, 3.63) is 54.1 Å². The summed E-state index contributed by atoms with van der Waals surface area (Å²) in [6.45, 7) is -0.0692. The fourth-order valence-corrected chi connectivity index (χ4v) is 10.4. The maximum Gasteiger partial charge on any atom is 0.327 e. The number of H-pyrrole nitrogens is 1. The van der Waals surface area contributed by atoms with Gasteiger partial charge in [0.2, 0.25) is 70.9 Å². The second-order valence-corrected chi connectivity index (χ2v) is 23.8. The summed E-state index contributed by atoms with van der Waals surface area (Å²) in [6.07, 6.45) is 2.79. The smallest absolute Gasteiger partial charge is 0.327 e. The Morgan fingerprint density at radius 1 is 0.592 bits per heavy atom. The van der Waals surface area contributed by atoms with E-state index in [9.17, 15) is 86.9 Å². The van der Waals surface area contributed by atoms with Gasteiger partial charge in [0.15, 0.2) is 5.96 Å². The molecule has 2 heterocycles. The van der Waals surface area contributed by atoms with Gasteiger partial charge in [-0.2, -0.15) is 0 Å². The molecule has 1 unspecified atom stereocenters. The summed E-state index contributed by atoms with van der Waals surface area (Å²) >= 11 is 0.778. The first-order chi connectivity index (χ1) is 46.4. The number of imidazole rings is 1. The largest absolute Gasteiger partial charge is 0.481 e. The van der Waals surface area contributed by atoms with Gasteiger partial charge in [0.1, 0.15) is 42.3 Å². The summed E-state index contributed by atoms with van der Waals surface area (Å²) in [5.74, 6) is -16.0. The van der Waals surface area contributed by atoms with Crippen LogP contribution in [0, 0.1) is 0 Å². The van der Waals surface area contributed by atoms with Crippen LogP contribution in [0.5, 0.6) is 0 Å². The zero-order valence-corrected chi connectivity index (χ0v) is 54.7. The number of nitrogens with two attached hydrogens (primary N) is 4. The second-order valence-electron chi connectivity index (χ2n) is 22.6. The Bertz CT molecular complexity index is 3120. The van der Waals surface area contributed by atoms with Crippen molar-refractivity contribution in [1.82, 2.24) is 68.0 Å². The average molecular weight is 1400 g/mol. The number of guanidine groups is 1. The van der Waals surface area contributed by atoms with E-state index in [2.05, 4.69) is 68.1 Å². The molecule has 1 aromatic carbocycles. The molecule has 1 aliphatic heterocycles. The minimum Gasteiger partial charge on any atom is -0.481 e. The molecule has 0 aliphatic carbocycles. The predicted octanol–water partition coefficient (Wildman–Crippen LogP) is -6.21. The lowest BCUT2D eigenvalue weighted by Gasteiger charge is -2.27. The number of rotatable bonds is 48. The van der Waals surface area contributed by atoms with Gasteiger partial charge in [-0.05, 0) is 63.9 Å². The summed E-state index contributed by atoms with van der Waals surface area (Å²) in [6, 6.07) is -3.71. The van der Waals surface area contributed by atoms with Crippen molar-refractivity contribution in [2.75, 3.05) is 45.0 Å². The third-order valence-electron chi connectivity index (χ3n) is 14.6. The molecule has 38 nitrogen and oxygen atoms in total. The van der Waals surface area contributed by atoms with Gasteiger partial charge in [0.05, 0.1) is 37.1 Å². The predicted molar refractivity (Wildman–Crippen MR) is 347 cm³/mol. The van der Waals surface area contributed by atoms with Crippen molar-refractivity contribution in [2.45, 2.75) is 163 Å². The molecule has 0 saturated carbocycles. The number of likely N-dealkylation sites (tertiary alicyclic amines) is 1. The van der Waals surface area contributed by atoms with Crippen molar-refractivity contribution in [3.8, 4) is 0 Å². The summed E-state index contributed by atoms with van der Waals surface area (Å²) < 4.78 is 0. The number of carbonyl (C=O) groups excluding carboxylic acids is 12. The van der Waals surface area contributed by atoms with E-state index in [1.165, 1.54) is 19.4 Å². The number of nitrogens with one attached hydrogen (secondary N) is 11. The Morgan fingerprint density at radius 2 is 1.19 bits per heavy atom. The third kappa shape index (κ3) is 32.4. The summed E-state index contributed by atoms with van der Waals surface area (Å²) in [4.78, 5) is 216. The minimum atomic E-state index is -1.66. The normalized spacial score (nSPS) is 15.0. The van der Waals surface area contributed by atoms with E-state index in [1.807, 2.05) is 0 Å². The molecule has 1 aromatic heterocycles. The molecule has 0 bridgehead atoms. The number of carbonyl (C=O) groups is 16. The number of amides is 12. The maximum atomic E-state index is 14.4. The Balaban J connectivity index is 1.61. The van der Waals surface area contributed by atoms with E-state index < -0.39 is 181 Å². The number of carboxylic acids is 4. The third-order valence-corrected chi connectivity index (χ3v) is 15.9. The van der Waals surface area contributed by atoms with Gasteiger partial charge in [-0.1, -0.05) is 36.8 Å². The quantitative estimate of drug-likeness (QED) is 0.0127. The van der Waals surface area contributed by atoms with Crippen molar-refractivity contribution in [3.63, 3.8) is 0 Å². The number of aliphatic imine (C=N–C) groups is 1. The zero-order chi connectivity index (χ0) is 72.9. The van der Waals surface area contributed by atoms with E-state index >= 15 is 0 Å². The molecule has 540 valence electrons. The zero-order valence-electron chi connectivity index (χ0n) is 53.9. The van der Waals surface area contributed by atoms with Crippen LogP contribution in [0.15, 0.2) is 47.8 Å². The molecule has 9 atom stereocenters. The monoisotopic (exact) mass is 1400 g/mol. The fourth-order valence-electron chi connectivity index (χ4n) is 9.20. The molecule has 39 heteroatoms. The van der Waals surface area contributed by atoms with Crippen molar-refractivity contribution in [1.29, 1.82) is 0 Å². The number of carboxylic acid groups (broad SMARTS) is 4. The summed E-state index contributed by atoms with van der Waals surface area (Å²) in [7, 11) is 0. The van der Waals surface area contributed by atoms with Crippen LogP contribution in [-0.2, 0) is 89.6 Å². The van der Waals surface area contributed by atoms with E-state index in [1.54, 1.807) is 30.3 Å². The fraction of sp³-hybridized carbons (Fsp3) is 0.559. The molecule has 2 aromatic rings. The highest BCUT2D eigenvalue weighted by molar-refractivity contribution is 8.00. The van der Waals surface area contributed by atoms with E-state index in [-0.39, 0.29) is 76.4 Å². The highest BCUT2D eigenvalue weighted by Gasteiger charge is 2.40. The van der Waals surface area contributed by atoms with Gasteiger partial charge in [0, 0.05) is 82.3 Å². The van der Waals surface area contributed by atoms with Crippen LogP contribution >= 0.6 is 11.8 Å². The lowest BCUT2D eigenvalue weighted by Crippen LogP contribution is -2.60. The molecule has 3 rings (SSSR count). The highest BCUT2D eigenvalue weighted by atomic mass is 32.2. The van der Waals surface area contributed by atoms with Crippen molar-refractivity contribution >= 4 is 112 Å². The van der Waals surface area contributed by atoms with Gasteiger partial charge in [-0.25, -0.2) is 9.78 Å². The highest BCUT2D eigenvalue weighted by Crippen LogP contribution is 2.26. The number of aromatic amines is 1. The Hall–Kier alpha value is -10.3. The Labute approximate surface area is 566 Å². The molecule has 1 fully saturated rings. The van der Waals surface area contributed by atoms with Gasteiger partial charge in [-0.3, -0.25) is 81.8 Å². The maximum absolute atomic E-state index is 14.4. The molecular formula is C59H88N18O20S. The minimum absolute atomic E-state index is 0.0306. The van der Waals surface area contributed by atoms with Crippen LogP contribution in [0.25, 0.3) is 0 Å². The molecule has 0 spiro atoms. The average Bonchev–Trinajstić information content (AvgIpc) is 1.52. The van der Waals surface area contributed by atoms with Crippen LogP contribution in [0.1, 0.15) is 108 Å². The number of aromatic nitrogens is 2. The molecular weight excluding hydrogens is 1310 g/mol. The Morgan fingerprint density at radius 3 is 1.81 bits per heavy atom. The van der Waals surface area contributed by atoms with E-state index in [0.717, 1.165) is 16.7 Å². The number of benzene rings is 1. The molecule has 12 amide bonds. The number of imide groups is 1. The number of thioether (sulfide) groups is 1. The van der Waals surface area contributed by atoms with Crippen molar-refractivity contribution in [2.24, 2.45) is 27.9 Å². The van der Waals surface area contributed by atoms with Gasteiger partial charge >= 0.3 is 23.9 Å². The molecule has 1 saturated heterocycles. The van der Waals surface area contributed by atoms with E-state index in [4.69, 9.17) is 33.1 Å². The molecule has 0 radical (unpaired) electrons.